The van der Waals surface area contributed by atoms with Gasteiger partial charge in [0.25, 0.3) is 15.9 Å². The summed E-state index contributed by atoms with van der Waals surface area (Å²) in [5, 5.41) is 1.20. The molecule has 12 heteroatoms. The van der Waals surface area contributed by atoms with E-state index >= 15 is 0 Å². The molecule has 3 aromatic carbocycles. The molecule has 0 N–H and O–H groups in total. The Balaban J connectivity index is 1.55. The number of furan rings is 1. The summed E-state index contributed by atoms with van der Waals surface area (Å²) in [6, 6.07) is 20.2. The number of amides is 1. The Morgan fingerprint density at radius 3 is 2.37 bits per heavy atom. The smallest absolute Gasteiger partial charge is 0.374 e. The summed E-state index contributed by atoms with van der Waals surface area (Å²) in [7, 11) is -4.13. The zero-order chi connectivity index (χ0) is 33.2. The summed E-state index contributed by atoms with van der Waals surface area (Å²) in [6.45, 7) is 7.72. The third-order valence-electron chi connectivity index (χ3n) is 7.45. The Bertz CT molecular complexity index is 2040. The van der Waals surface area contributed by atoms with Crippen molar-refractivity contribution in [3.63, 3.8) is 0 Å². The van der Waals surface area contributed by atoms with Gasteiger partial charge in [-0.25, -0.2) is 13.2 Å². The minimum atomic E-state index is -4.13. The average molecular weight is 700 g/mol. The van der Waals surface area contributed by atoms with Crippen molar-refractivity contribution in [1.29, 1.82) is 0 Å². The van der Waals surface area contributed by atoms with Crippen molar-refractivity contribution in [2.45, 2.75) is 45.7 Å². The number of esters is 1. The number of anilines is 1. The molecule has 8 nitrogen and oxygen atoms in total. The Labute approximate surface area is 282 Å². The number of nitrogens with zero attached hydrogens (tertiary/aromatic N) is 2. The highest BCUT2D eigenvalue weighted by Gasteiger charge is 2.29. The summed E-state index contributed by atoms with van der Waals surface area (Å²) < 4.78 is 40.6. The molecule has 0 aliphatic rings. The first kappa shape index (κ1) is 33.5. The third-order valence-corrected chi connectivity index (χ3v) is 10.9. The topological polar surface area (TPSA) is 97.1 Å². The van der Waals surface area contributed by atoms with Crippen molar-refractivity contribution >= 4 is 73.1 Å². The molecule has 0 saturated heterocycles. The molecule has 240 valence electrons. The molecule has 1 amide bonds. The van der Waals surface area contributed by atoms with Gasteiger partial charge in [-0.3, -0.25) is 9.10 Å². The number of carbonyl (C=O) groups is 2. The lowest BCUT2D eigenvalue weighted by molar-refractivity contribution is 0.0491. The highest BCUT2D eigenvalue weighted by atomic mass is 35.5. The largest absolute Gasteiger partial charge is 0.460 e. The number of rotatable bonds is 11. The highest BCUT2D eigenvalue weighted by Crippen LogP contribution is 2.34. The van der Waals surface area contributed by atoms with Crippen LogP contribution in [-0.2, 0) is 27.8 Å². The van der Waals surface area contributed by atoms with E-state index in [4.69, 9.17) is 32.4 Å². The highest BCUT2D eigenvalue weighted by molar-refractivity contribution is 7.92. The van der Waals surface area contributed by atoms with Gasteiger partial charge < -0.3 is 14.1 Å². The molecule has 2 aromatic heterocycles. The van der Waals surface area contributed by atoms with Crippen molar-refractivity contribution < 1.29 is 27.2 Å². The predicted molar refractivity (Wildman–Crippen MR) is 183 cm³/mol. The molecule has 0 unspecified atom stereocenters. The fourth-order valence-corrected chi connectivity index (χ4v) is 8.10. The summed E-state index contributed by atoms with van der Waals surface area (Å²) in [6.07, 6.45) is 0. The standard InChI is InChI=1S/C34H32Cl2N2O6S2/c1-5-38(46(41,42)26-14-16-31-28(18-26)22(4)32(44-31)34(40)43-6-2)30-15-12-24(35)17-23(30)19-37(20-25-13-11-21(3)45-25)33(39)27-9-7-8-10-29(27)36/h7-18H,5-6,19-20H2,1-4H3. The van der Waals surface area contributed by atoms with Crippen LogP contribution in [-0.4, -0.2) is 38.3 Å². The van der Waals surface area contributed by atoms with E-state index in [-0.39, 0.29) is 42.8 Å². The number of aryl methyl sites for hydroxylation is 2. The molecule has 46 heavy (non-hydrogen) atoms. The maximum atomic E-state index is 14.3. The van der Waals surface area contributed by atoms with Crippen LogP contribution in [0, 0.1) is 13.8 Å². The fourth-order valence-electron chi connectivity index (χ4n) is 5.24. The zero-order valence-electron chi connectivity index (χ0n) is 25.7. The van der Waals surface area contributed by atoms with Crippen molar-refractivity contribution in [2.75, 3.05) is 17.5 Å². The number of benzene rings is 3. The average Bonchev–Trinajstić information content (AvgIpc) is 3.59. The third kappa shape index (κ3) is 6.80. The number of ether oxygens (including phenoxy) is 1. The first-order valence-electron chi connectivity index (χ1n) is 14.5. The SMILES string of the molecule is CCOC(=O)c1oc2ccc(S(=O)(=O)N(CC)c3ccc(Cl)cc3CN(Cc3ccc(C)s3)C(=O)c3ccccc3Cl)cc2c1C. The van der Waals surface area contributed by atoms with Crippen molar-refractivity contribution in [1.82, 2.24) is 4.90 Å². The van der Waals surface area contributed by atoms with Gasteiger partial charge in [0.05, 0.1) is 34.3 Å². The molecule has 0 saturated carbocycles. The maximum absolute atomic E-state index is 14.3. The van der Waals surface area contributed by atoms with E-state index in [0.29, 0.717) is 43.4 Å². The molecule has 0 spiro atoms. The van der Waals surface area contributed by atoms with E-state index in [9.17, 15) is 18.0 Å². The quantitative estimate of drug-likeness (QED) is 0.128. The molecule has 0 aliphatic carbocycles. The van der Waals surface area contributed by atoms with E-state index < -0.39 is 16.0 Å². The van der Waals surface area contributed by atoms with E-state index in [1.807, 2.05) is 19.1 Å². The number of hydrogen-bond acceptors (Lipinski definition) is 7. The van der Waals surface area contributed by atoms with Crippen LogP contribution < -0.4 is 4.31 Å². The molecule has 0 aliphatic heterocycles. The van der Waals surface area contributed by atoms with Gasteiger partial charge in [0.2, 0.25) is 5.76 Å². The molecule has 2 heterocycles. The first-order valence-corrected chi connectivity index (χ1v) is 17.6. The first-order chi connectivity index (χ1) is 21.9. The number of hydrogen-bond donors (Lipinski definition) is 0. The van der Waals surface area contributed by atoms with Crippen molar-refractivity contribution in [3.05, 3.63) is 115 Å². The van der Waals surface area contributed by atoms with Gasteiger partial charge in [-0.1, -0.05) is 35.3 Å². The van der Waals surface area contributed by atoms with Crippen LogP contribution in [0.3, 0.4) is 0 Å². The Morgan fingerprint density at radius 2 is 1.70 bits per heavy atom. The molecule has 5 rings (SSSR count). The Kier molecular flexibility index (Phi) is 10.1. The Hall–Kier alpha value is -3.83. The molecule has 0 fully saturated rings. The number of carbonyl (C=O) groups excluding carboxylic acids is 2. The lowest BCUT2D eigenvalue weighted by Crippen LogP contribution is -2.34. The number of sulfonamides is 1. The van der Waals surface area contributed by atoms with Crippen molar-refractivity contribution in [3.8, 4) is 0 Å². The van der Waals surface area contributed by atoms with Crippen molar-refractivity contribution in [2.24, 2.45) is 0 Å². The molecule has 0 bridgehead atoms. The van der Waals surface area contributed by atoms with Gasteiger partial charge in [-0.2, -0.15) is 0 Å². The van der Waals surface area contributed by atoms with E-state index in [1.165, 1.54) is 22.5 Å². The second-order valence-corrected chi connectivity index (χ2v) is 14.6. The van der Waals surface area contributed by atoms with Crippen LogP contribution in [0.1, 0.15) is 55.6 Å². The molecular formula is C34H32Cl2N2O6S2. The zero-order valence-corrected chi connectivity index (χ0v) is 28.8. The summed E-state index contributed by atoms with van der Waals surface area (Å²) >= 11 is 14.5. The number of thiophene rings is 1. The lowest BCUT2D eigenvalue weighted by Gasteiger charge is -2.29. The van der Waals surface area contributed by atoms with E-state index in [0.717, 1.165) is 9.75 Å². The van der Waals surface area contributed by atoms with Gasteiger partial charge in [0.15, 0.2) is 0 Å². The van der Waals surface area contributed by atoms with Crippen LogP contribution in [0.15, 0.2) is 82.1 Å². The molecule has 0 radical (unpaired) electrons. The van der Waals surface area contributed by atoms with Gasteiger partial charge >= 0.3 is 5.97 Å². The monoisotopic (exact) mass is 698 g/mol. The van der Waals surface area contributed by atoms with Crippen LogP contribution in [0.2, 0.25) is 10.0 Å². The molecule has 5 aromatic rings. The lowest BCUT2D eigenvalue weighted by atomic mass is 10.1. The number of fused-ring (bicyclic) bond motifs is 1. The normalized spacial score (nSPS) is 11.5. The second-order valence-electron chi connectivity index (χ2n) is 10.5. The second kappa shape index (κ2) is 13.9. The molecule has 0 atom stereocenters. The van der Waals surface area contributed by atoms with E-state index in [2.05, 4.69) is 0 Å². The summed E-state index contributed by atoms with van der Waals surface area (Å²) in [5.41, 5.74) is 2.11. The van der Waals surface area contributed by atoms with Gasteiger partial charge in [0.1, 0.15) is 5.58 Å². The Morgan fingerprint density at radius 1 is 0.935 bits per heavy atom. The summed E-state index contributed by atoms with van der Waals surface area (Å²) in [4.78, 5) is 30.0. The number of halogens is 2. The van der Waals surface area contributed by atoms with Crippen LogP contribution in [0.4, 0.5) is 5.69 Å². The predicted octanol–water partition coefficient (Wildman–Crippen LogP) is 8.65. The van der Waals surface area contributed by atoms with E-state index in [1.54, 1.807) is 79.5 Å². The van der Waals surface area contributed by atoms with Crippen LogP contribution >= 0.6 is 34.5 Å². The fraction of sp³-hybridized carbons (Fsp3) is 0.235. The van der Waals surface area contributed by atoms with Gasteiger partial charge in [-0.15, -0.1) is 11.3 Å². The van der Waals surface area contributed by atoms with Crippen LogP contribution in [0.25, 0.3) is 11.0 Å². The minimum absolute atomic E-state index is 0.0140. The maximum Gasteiger partial charge on any atom is 0.374 e. The molecular weight excluding hydrogens is 667 g/mol. The van der Waals surface area contributed by atoms with Gasteiger partial charge in [-0.05, 0) is 93.9 Å². The summed E-state index contributed by atoms with van der Waals surface area (Å²) in [5.74, 6) is -0.884. The van der Waals surface area contributed by atoms with Crippen LogP contribution in [0.5, 0.6) is 0 Å². The minimum Gasteiger partial charge on any atom is -0.460 e. The van der Waals surface area contributed by atoms with Gasteiger partial charge in [0, 0.05) is 38.8 Å².